The zero-order valence-corrected chi connectivity index (χ0v) is 8.78. The minimum atomic E-state index is 0.759. The van der Waals surface area contributed by atoms with Gasteiger partial charge < -0.3 is 10.6 Å². The molecule has 0 fully saturated rings. The summed E-state index contributed by atoms with van der Waals surface area (Å²) in [6.45, 7) is 5.94. The maximum Gasteiger partial charge on any atom is 0.0447 e. The number of halogens is 1. The van der Waals surface area contributed by atoms with Gasteiger partial charge in [0, 0.05) is 29.5 Å². The third-order valence-corrected chi connectivity index (χ3v) is 1.88. The lowest BCUT2D eigenvalue weighted by atomic mass is 10.2. The van der Waals surface area contributed by atoms with E-state index in [0.29, 0.717) is 0 Å². The highest BCUT2D eigenvalue weighted by atomic mass is 35.5. The first-order valence-electron chi connectivity index (χ1n) is 4.54. The van der Waals surface area contributed by atoms with Crippen molar-refractivity contribution in [3.05, 3.63) is 23.2 Å². The van der Waals surface area contributed by atoms with Gasteiger partial charge in [-0.05, 0) is 32.0 Å². The van der Waals surface area contributed by atoms with E-state index in [0.717, 1.165) is 29.5 Å². The summed E-state index contributed by atoms with van der Waals surface area (Å²) in [5, 5.41) is 7.20. The van der Waals surface area contributed by atoms with Crippen LogP contribution in [-0.2, 0) is 0 Å². The van der Waals surface area contributed by atoms with Crippen molar-refractivity contribution in [1.29, 1.82) is 0 Å². The molecule has 0 bridgehead atoms. The van der Waals surface area contributed by atoms with Crippen molar-refractivity contribution < 1.29 is 0 Å². The monoisotopic (exact) mass is 198 g/mol. The van der Waals surface area contributed by atoms with Gasteiger partial charge in [-0.3, -0.25) is 0 Å². The summed E-state index contributed by atoms with van der Waals surface area (Å²) in [7, 11) is 0. The molecule has 1 rings (SSSR count). The van der Waals surface area contributed by atoms with E-state index in [1.54, 1.807) is 0 Å². The van der Waals surface area contributed by atoms with E-state index in [-0.39, 0.29) is 0 Å². The van der Waals surface area contributed by atoms with Crippen molar-refractivity contribution in [2.24, 2.45) is 0 Å². The molecular weight excluding hydrogens is 184 g/mol. The zero-order chi connectivity index (χ0) is 9.68. The second-order valence-electron chi connectivity index (χ2n) is 2.79. The van der Waals surface area contributed by atoms with Crippen LogP contribution >= 0.6 is 11.6 Å². The van der Waals surface area contributed by atoms with Crippen molar-refractivity contribution in [3.63, 3.8) is 0 Å². The molecule has 0 heterocycles. The van der Waals surface area contributed by atoms with Crippen molar-refractivity contribution in [3.8, 4) is 0 Å². The number of hydrogen-bond donors (Lipinski definition) is 2. The molecule has 1 aromatic rings. The van der Waals surface area contributed by atoms with Crippen LogP contribution in [0, 0.1) is 0 Å². The van der Waals surface area contributed by atoms with Crippen molar-refractivity contribution in [1.82, 2.24) is 0 Å². The molecule has 0 saturated carbocycles. The van der Waals surface area contributed by atoms with Gasteiger partial charge in [-0.15, -0.1) is 0 Å². The van der Waals surface area contributed by atoms with Crippen LogP contribution in [0.25, 0.3) is 0 Å². The summed E-state index contributed by atoms with van der Waals surface area (Å²) in [6, 6.07) is 5.90. The zero-order valence-electron chi connectivity index (χ0n) is 8.02. The summed E-state index contributed by atoms with van der Waals surface area (Å²) < 4.78 is 0. The molecule has 2 N–H and O–H groups in total. The first kappa shape index (κ1) is 10.2. The molecule has 0 atom stereocenters. The van der Waals surface area contributed by atoms with Crippen molar-refractivity contribution in [2.45, 2.75) is 13.8 Å². The quantitative estimate of drug-likeness (QED) is 0.777. The first-order chi connectivity index (χ1) is 6.26. The molecule has 72 valence electrons. The smallest absolute Gasteiger partial charge is 0.0447 e. The van der Waals surface area contributed by atoms with Gasteiger partial charge in [0.1, 0.15) is 0 Å². The van der Waals surface area contributed by atoms with E-state index in [2.05, 4.69) is 30.5 Å². The largest absolute Gasteiger partial charge is 0.385 e. The second-order valence-corrected chi connectivity index (χ2v) is 3.23. The van der Waals surface area contributed by atoms with E-state index in [4.69, 9.17) is 11.6 Å². The van der Waals surface area contributed by atoms with Crippen LogP contribution in [0.1, 0.15) is 13.8 Å². The summed E-state index contributed by atoms with van der Waals surface area (Å²) in [6.07, 6.45) is 0. The molecular formula is C10H15ClN2. The van der Waals surface area contributed by atoms with Gasteiger partial charge >= 0.3 is 0 Å². The molecule has 3 heteroatoms. The highest BCUT2D eigenvalue weighted by molar-refractivity contribution is 6.31. The second kappa shape index (κ2) is 4.97. The van der Waals surface area contributed by atoms with Crippen LogP contribution in [0.4, 0.5) is 11.4 Å². The maximum atomic E-state index is 5.94. The molecule has 0 aliphatic heterocycles. The molecule has 0 aliphatic rings. The van der Waals surface area contributed by atoms with Gasteiger partial charge in [0.25, 0.3) is 0 Å². The fourth-order valence-electron chi connectivity index (χ4n) is 1.20. The number of nitrogens with one attached hydrogen (secondary N) is 2. The maximum absolute atomic E-state index is 5.94. The number of benzene rings is 1. The SMILES string of the molecule is CCNc1cc(Cl)cc(NCC)c1. The normalized spacial score (nSPS) is 9.77. The Morgan fingerprint density at radius 1 is 1.00 bits per heavy atom. The Balaban J connectivity index is 2.83. The molecule has 0 saturated heterocycles. The van der Waals surface area contributed by atoms with Gasteiger partial charge in [0.15, 0.2) is 0 Å². The Kier molecular flexibility index (Phi) is 3.90. The fraction of sp³-hybridized carbons (Fsp3) is 0.400. The Hall–Kier alpha value is -0.890. The molecule has 0 aromatic heterocycles. The van der Waals surface area contributed by atoms with Gasteiger partial charge in [0.05, 0.1) is 0 Å². The molecule has 0 aliphatic carbocycles. The highest BCUT2D eigenvalue weighted by Crippen LogP contribution is 2.22. The minimum absolute atomic E-state index is 0.759. The van der Waals surface area contributed by atoms with E-state index in [9.17, 15) is 0 Å². The third kappa shape index (κ3) is 3.15. The molecule has 0 unspecified atom stereocenters. The van der Waals surface area contributed by atoms with Crippen LogP contribution < -0.4 is 10.6 Å². The Morgan fingerprint density at radius 3 is 1.85 bits per heavy atom. The van der Waals surface area contributed by atoms with Gasteiger partial charge in [-0.1, -0.05) is 11.6 Å². The first-order valence-corrected chi connectivity index (χ1v) is 4.92. The standard InChI is InChI=1S/C10H15ClN2/c1-3-12-9-5-8(11)6-10(7-9)13-4-2/h5-7,12-13H,3-4H2,1-2H3. The summed E-state index contributed by atoms with van der Waals surface area (Å²) in [5.41, 5.74) is 2.12. The number of anilines is 2. The van der Waals surface area contributed by atoms with E-state index < -0.39 is 0 Å². The topological polar surface area (TPSA) is 24.1 Å². The number of rotatable bonds is 4. The van der Waals surface area contributed by atoms with Gasteiger partial charge in [-0.25, -0.2) is 0 Å². The van der Waals surface area contributed by atoms with Crippen molar-refractivity contribution >= 4 is 23.0 Å². The Labute approximate surface area is 84.3 Å². The molecule has 0 radical (unpaired) electrons. The van der Waals surface area contributed by atoms with Crippen LogP contribution in [0.15, 0.2) is 18.2 Å². The highest BCUT2D eigenvalue weighted by Gasteiger charge is 1.97. The molecule has 2 nitrogen and oxygen atoms in total. The number of hydrogen-bond acceptors (Lipinski definition) is 2. The van der Waals surface area contributed by atoms with Crippen LogP contribution in [0.5, 0.6) is 0 Å². The van der Waals surface area contributed by atoms with E-state index in [1.165, 1.54) is 0 Å². The van der Waals surface area contributed by atoms with E-state index in [1.807, 2.05) is 12.1 Å². The summed E-state index contributed by atoms with van der Waals surface area (Å²) >= 11 is 5.94. The molecule has 0 amide bonds. The predicted octanol–water partition coefficient (Wildman–Crippen LogP) is 3.20. The Morgan fingerprint density at radius 2 is 1.46 bits per heavy atom. The average molecular weight is 199 g/mol. The lowest BCUT2D eigenvalue weighted by molar-refractivity contribution is 1.19. The molecule has 13 heavy (non-hydrogen) atoms. The van der Waals surface area contributed by atoms with E-state index >= 15 is 0 Å². The average Bonchev–Trinajstić information content (AvgIpc) is 2.04. The fourth-order valence-corrected chi connectivity index (χ4v) is 1.44. The predicted molar refractivity (Wildman–Crippen MR) is 59.8 cm³/mol. The van der Waals surface area contributed by atoms with Crippen molar-refractivity contribution in [2.75, 3.05) is 23.7 Å². The van der Waals surface area contributed by atoms with Crippen LogP contribution in [0.3, 0.4) is 0 Å². The lowest BCUT2D eigenvalue weighted by Crippen LogP contribution is -2.00. The third-order valence-electron chi connectivity index (χ3n) is 1.66. The summed E-state index contributed by atoms with van der Waals surface area (Å²) in [4.78, 5) is 0. The lowest BCUT2D eigenvalue weighted by Gasteiger charge is -2.08. The molecule has 0 spiro atoms. The van der Waals surface area contributed by atoms with Crippen LogP contribution in [-0.4, -0.2) is 13.1 Å². The van der Waals surface area contributed by atoms with Crippen LogP contribution in [0.2, 0.25) is 5.02 Å². The molecule has 1 aromatic carbocycles. The summed E-state index contributed by atoms with van der Waals surface area (Å²) in [5.74, 6) is 0. The Bertz CT molecular complexity index is 249. The van der Waals surface area contributed by atoms with Gasteiger partial charge in [0.2, 0.25) is 0 Å². The van der Waals surface area contributed by atoms with Gasteiger partial charge in [-0.2, -0.15) is 0 Å². The minimum Gasteiger partial charge on any atom is -0.385 e.